The molecule has 2 aliphatic heterocycles. The Labute approximate surface area is 195 Å². The maximum absolute atomic E-state index is 13.4. The standard InChI is InChI=1S/C23H34N4O3S2/c1-16-9-13-27(14-10-16)32(29,30)20-15-19(25(4)18(20)3)22-24-17(2)21(31-22)23(28)26-11-7-5-6-8-12-26/h15-16H,5-14H2,1-4H3. The van der Waals surface area contributed by atoms with E-state index in [0.29, 0.717) is 45.2 Å². The van der Waals surface area contributed by atoms with Gasteiger partial charge < -0.3 is 9.47 Å². The first-order valence-corrected chi connectivity index (χ1v) is 13.9. The summed E-state index contributed by atoms with van der Waals surface area (Å²) in [6.45, 7) is 8.61. The number of carbonyl (C=O) groups excluding carboxylic acids is 1. The van der Waals surface area contributed by atoms with Crippen molar-refractivity contribution in [3.8, 4) is 10.7 Å². The van der Waals surface area contributed by atoms with E-state index in [2.05, 4.69) is 11.9 Å². The molecule has 0 aromatic carbocycles. The molecular weight excluding hydrogens is 444 g/mol. The fourth-order valence-electron chi connectivity index (χ4n) is 4.62. The SMILES string of the molecule is Cc1nc(-c2cc(S(=O)(=O)N3CCC(C)CC3)c(C)n2C)sc1C(=O)N1CCCCCC1. The predicted octanol–water partition coefficient (Wildman–Crippen LogP) is 4.20. The monoisotopic (exact) mass is 478 g/mol. The van der Waals surface area contributed by atoms with E-state index in [1.165, 1.54) is 24.2 Å². The van der Waals surface area contributed by atoms with Gasteiger partial charge in [0.1, 0.15) is 14.8 Å². The average molecular weight is 479 g/mol. The summed E-state index contributed by atoms with van der Waals surface area (Å²) in [5, 5.41) is 0.694. The second-order valence-electron chi connectivity index (χ2n) is 9.26. The molecule has 32 heavy (non-hydrogen) atoms. The average Bonchev–Trinajstić information content (AvgIpc) is 3.14. The highest BCUT2D eigenvalue weighted by Gasteiger charge is 2.32. The molecule has 2 saturated heterocycles. The van der Waals surface area contributed by atoms with Gasteiger partial charge in [-0.15, -0.1) is 11.3 Å². The van der Waals surface area contributed by atoms with Crippen LogP contribution in [0.3, 0.4) is 0 Å². The number of sulfonamides is 1. The molecule has 0 unspecified atom stereocenters. The number of carbonyl (C=O) groups is 1. The van der Waals surface area contributed by atoms with Gasteiger partial charge in [0, 0.05) is 38.9 Å². The largest absolute Gasteiger partial charge is 0.345 e. The van der Waals surface area contributed by atoms with Gasteiger partial charge in [-0.2, -0.15) is 4.31 Å². The summed E-state index contributed by atoms with van der Waals surface area (Å²) in [7, 11) is -1.68. The molecule has 2 aromatic rings. The van der Waals surface area contributed by atoms with Gasteiger partial charge in [-0.1, -0.05) is 19.8 Å². The molecule has 4 rings (SSSR count). The lowest BCUT2D eigenvalue weighted by atomic mass is 10.0. The Balaban J connectivity index is 1.64. The van der Waals surface area contributed by atoms with Crippen molar-refractivity contribution < 1.29 is 13.2 Å². The first-order chi connectivity index (χ1) is 15.2. The van der Waals surface area contributed by atoms with E-state index < -0.39 is 10.0 Å². The number of likely N-dealkylation sites (tertiary alicyclic amines) is 1. The fourth-order valence-corrected chi connectivity index (χ4v) is 7.45. The van der Waals surface area contributed by atoms with Gasteiger partial charge in [-0.05, 0) is 51.5 Å². The molecule has 1 amide bonds. The number of thiazole rings is 1. The molecule has 0 saturated carbocycles. The van der Waals surface area contributed by atoms with E-state index in [1.807, 2.05) is 30.4 Å². The lowest BCUT2D eigenvalue weighted by Gasteiger charge is -2.29. The Hall–Kier alpha value is -1.71. The number of piperidine rings is 1. The van der Waals surface area contributed by atoms with E-state index in [4.69, 9.17) is 0 Å². The highest BCUT2D eigenvalue weighted by molar-refractivity contribution is 7.89. The van der Waals surface area contributed by atoms with Gasteiger partial charge in [-0.3, -0.25) is 4.79 Å². The molecule has 4 heterocycles. The zero-order chi connectivity index (χ0) is 23.0. The van der Waals surface area contributed by atoms with E-state index >= 15 is 0 Å². The Morgan fingerprint density at radius 1 is 1.06 bits per heavy atom. The van der Waals surface area contributed by atoms with Crippen LogP contribution in [0.5, 0.6) is 0 Å². The summed E-state index contributed by atoms with van der Waals surface area (Å²) in [6, 6.07) is 1.74. The lowest BCUT2D eigenvalue weighted by Crippen LogP contribution is -2.38. The summed E-state index contributed by atoms with van der Waals surface area (Å²) in [6.07, 6.45) is 6.23. The third-order valence-electron chi connectivity index (χ3n) is 6.95. The molecule has 7 nitrogen and oxygen atoms in total. The maximum Gasteiger partial charge on any atom is 0.265 e. The van der Waals surface area contributed by atoms with Crippen LogP contribution in [0, 0.1) is 19.8 Å². The van der Waals surface area contributed by atoms with Crippen LogP contribution in [0.15, 0.2) is 11.0 Å². The zero-order valence-corrected chi connectivity index (χ0v) is 21.2. The van der Waals surface area contributed by atoms with Crippen molar-refractivity contribution in [2.45, 2.75) is 64.2 Å². The predicted molar refractivity (Wildman–Crippen MR) is 128 cm³/mol. The smallest absolute Gasteiger partial charge is 0.265 e. The third-order valence-corrected chi connectivity index (χ3v) is 10.1. The molecule has 0 aliphatic carbocycles. The molecule has 176 valence electrons. The van der Waals surface area contributed by atoms with Gasteiger partial charge in [0.2, 0.25) is 10.0 Å². The van der Waals surface area contributed by atoms with Gasteiger partial charge in [0.25, 0.3) is 5.91 Å². The molecule has 0 N–H and O–H groups in total. The molecule has 2 aromatic heterocycles. The summed E-state index contributed by atoms with van der Waals surface area (Å²) in [5.74, 6) is 0.613. The number of nitrogens with zero attached hydrogens (tertiary/aromatic N) is 4. The topological polar surface area (TPSA) is 75.5 Å². The fraction of sp³-hybridized carbons (Fsp3) is 0.652. The lowest BCUT2D eigenvalue weighted by molar-refractivity contribution is 0.0765. The number of hydrogen-bond acceptors (Lipinski definition) is 5. The van der Waals surface area contributed by atoms with Crippen molar-refractivity contribution in [2.75, 3.05) is 26.2 Å². The maximum atomic E-state index is 13.4. The normalized spacial score (nSPS) is 19.3. The number of hydrogen-bond donors (Lipinski definition) is 0. The first-order valence-electron chi connectivity index (χ1n) is 11.6. The highest BCUT2D eigenvalue weighted by Crippen LogP contribution is 2.35. The van der Waals surface area contributed by atoms with Crippen LogP contribution in [0.4, 0.5) is 0 Å². The van der Waals surface area contributed by atoms with Gasteiger partial charge in [-0.25, -0.2) is 13.4 Å². The highest BCUT2D eigenvalue weighted by atomic mass is 32.2. The number of rotatable bonds is 4. The summed E-state index contributed by atoms with van der Waals surface area (Å²) in [4.78, 5) is 20.8. The van der Waals surface area contributed by atoms with Crippen LogP contribution in [0.25, 0.3) is 10.7 Å². The molecule has 0 spiro atoms. The number of amides is 1. The Morgan fingerprint density at radius 3 is 2.31 bits per heavy atom. The van der Waals surface area contributed by atoms with E-state index in [1.54, 1.807) is 10.4 Å². The molecule has 0 bridgehead atoms. The van der Waals surface area contributed by atoms with Crippen LogP contribution >= 0.6 is 11.3 Å². The van der Waals surface area contributed by atoms with Crippen molar-refractivity contribution in [1.29, 1.82) is 0 Å². The van der Waals surface area contributed by atoms with Crippen molar-refractivity contribution in [1.82, 2.24) is 18.8 Å². The Morgan fingerprint density at radius 2 is 1.69 bits per heavy atom. The molecular formula is C23H34N4O3S2. The van der Waals surface area contributed by atoms with E-state index in [9.17, 15) is 13.2 Å². The summed E-state index contributed by atoms with van der Waals surface area (Å²) < 4.78 is 30.2. The van der Waals surface area contributed by atoms with Crippen molar-refractivity contribution in [3.63, 3.8) is 0 Å². The van der Waals surface area contributed by atoms with Crippen LogP contribution in [0.2, 0.25) is 0 Å². The molecule has 2 fully saturated rings. The molecule has 0 atom stereocenters. The Kier molecular flexibility index (Phi) is 6.79. The van der Waals surface area contributed by atoms with Gasteiger partial charge >= 0.3 is 0 Å². The first kappa shape index (κ1) is 23.4. The van der Waals surface area contributed by atoms with Crippen LogP contribution in [-0.4, -0.2) is 59.3 Å². The summed E-state index contributed by atoms with van der Waals surface area (Å²) in [5.41, 5.74) is 2.16. The van der Waals surface area contributed by atoms with Crippen molar-refractivity contribution in [2.24, 2.45) is 13.0 Å². The van der Waals surface area contributed by atoms with Gasteiger partial charge in [0.15, 0.2) is 0 Å². The van der Waals surface area contributed by atoms with Crippen molar-refractivity contribution in [3.05, 3.63) is 22.3 Å². The minimum Gasteiger partial charge on any atom is -0.345 e. The second-order valence-corrected chi connectivity index (χ2v) is 12.2. The van der Waals surface area contributed by atoms with Crippen molar-refractivity contribution >= 4 is 27.3 Å². The third kappa shape index (κ3) is 4.39. The second kappa shape index (κ2) is 9.27. The number of aromatic nitrogens is 2. The minimum atomic E-state index is -3.55. The van der Waals surface area contributed by atoms with Crippen LogP contribution in [0.1, 0.15) is 66.5 Å². The van der Waals surface area contributed by atoms with E-state index in [-0.39, 0.29) is 5.91 Å². The van der Waals surface area contributed by atoms with Crippen LogP contribution in [-0.2, 0) is 17.1 Å². The quantitative estimate of drug-likeness (QED) is 0.660. The molecule has 0 radical (unpaired) electrons. The molecule has 2 aliphatic rings. The molecule has 9 heteroatoms. The minimum absolute atomic E-state index is 0.0503. The number of aryl methyl sites for hydroxylation is 1. The van der Waals surface area contributed by atoms with Crippen LogP contribution < -0.4 is 0 Å². The summed E-state index contributed by atoms with van der Waals surface area (Å²) >= 11 is 1.37. The van der Waals surface area contributed by atoms with Gasteiger partial charge in [0.05, 0.1) is 11.4 Å². The Bertz CT molecular complexity index is 1090. The van der Waals surface area contributed by atoms with E-state index in [0.717, 1.165) is 44.5 Å². The zero-order valence-electron chi connectivity index (χ0n) is 19.6.